The fraction of sp³-hybridized carbons (Fsp3) is 0.364. The number of aliphatic hydroxyl groups is 1. The van der Waals surface area contributed by atoms with Gasteiger partial charge in [-0.1, -0.05) is 48.9 Å². The van der Waals surface area contributed by atoms with Crippen LogP contribution in [0, 0.1) is 5.92 Å². The van der Waals surface area contributed by atoms with Crippen LogP contribution in [0.3, 0.4) is 0 Å². The lowest BCUT2D eigenvalue weighted by molar-refractivity contribution is 0.0799. The van der Waals surface area contributed by atoms with Gasteiger partial charge in [-0.2, -0.15) is 0 Å². The minimum Gasteiger partial charge on any atom is -0.386 e. The largest absolute Gasteiger partial charge is 0.386 e. The maximum absolute atomic E-state index is 10.9. The summed E-state index contributed by atoms with van der Waals surface area (Å²) in [5.41, 5.74) is 6.90. The van der Waals surface area contributed by atoms with E-state index in [-0.39, 0.29) is 0 Å². The second kappa shape index (κ2) is 5.35. The minimum absolute atomic E-state index is 0.400. The van der Waals surface area contributed by atoms with Gasteiger partial charge in [0.25, 0.3) is 0 Å². The summed E-state index contributed by atoms with van der Waals surface area (Å²) in [5, 5.41) is 13.2. The van der Waals surface area contributed by atoms with Gasteiger partial charge in [-0.25, -0.2) is 0 Å². The third-order valence-corrected chi connectivity index (χ3v) is 5.47. The molecule has 1 unspecified atom stereocenters. The second-order valence-electron chi connectivity index (χ2n) is 7.34. The number of hydrogen-bond acceptors (Lipinski definition) is 1. The van der Waals surface area contributed by atoms with E-state index in [1.807, 2.05) is 13.8 Å². The standard InChI is InChI=1S/C22H26O/c1-13-14(2)16(4)20(15(13)3)19-12-11-17-9-7-8-10-18(17)21(19)22(5,6)23/h7-12,15,23H,1-6H3. The highest BCUT2D eigenvalue weighted by Crippen LogP contribution is 2.46. The molecule has 0 spiro atoms. The van der Waals surface area contributed by atoms with Gasteiger partial charge < -0.3 is 5.11 Å². The molecule has 1 atom stereocenters. The lowest BCUT2D eigenvalue weighted by Crippen LogP contribution is -2.19. The van der Waals surface area contributed by atoms with Crippen LogP contribution in [0.1, 0.15) is 52.7 Å². The summed E-state index contributed by atoms with van der Waals surface area (Å²) in [5.74, 6) is 0.400. The van der Waals surface area contributed by atoms with Crippen molar-refractivity contribution >= 4 is 16.3 Å². The zero-order valence-electron chi connectivity index (χ0n) is 15.0. The Hall–Kier alpha value is -1.86. The third-order valence-electron chi connectivity index (χ3n) is 5.47. The Bertz CT molecular complexity index is 844. The van der Waals surface area contributed by atoms with Crippen molar-refractivity contribution in [2.45, 2.75) is 47.1 Å². The Morgan fingerprint density at radius 3 is 2.13 bits per heavy atom. The van der Waals surface area contributed by atoms with Crippen LogP contribution in [-0.4, -0.2) is 5.11 Å². The predicted octanol–water partition coefficient (Wildman–Crippen LogP) is 5.83. The van der Waals surface area contributed by atoms with E-state index in [2.05, 4.69) is 64.1 Å². The summed E-state index contributed by atoms with van der Waals surface area (Å²) in [4.78, 5) is 0. The van der Waals surface area contributed by atoms with Gasteiger partial charge in [0.05, 0.1) is 5.60 Å². The van der Waals surface area contributed by atoms with Gasteiger partial charge in [0.2, 0.25) is 0 Å². The van der Waals surface area contributed by atoms with Crippen LogP contribution in [0.4, 0.5) is 0 Å². The highest BCUT2D eigenvalue weighted by atomic mass is 16.3. The first-order chi connectivity index (χ1) is 10.7. The van der Waals surface area contributed by atoms with Gasteiger partial charge in [0, 0.05) is 5.92 Å². The smallest absolute Gasteiger partial charge is 0.0852 e. The fourth-order valence-corrected chi connectivity index (χ4v) is 3.95. The molecule has 1 nitrogen and oxygen atoms in total. The molecule has 0 aromatic heterocycles. The van der Waals surface area contributed by atoms with Gasteiger partial charge >= 0.3 is 0 Å². The van der Waals surface area contributed by atoms with Gasteiger partial charge in [-0.15, -0.1) is 0 Å². The van der Waals surface area contributed by atoms with E-state index in [4.69, 9.17) is 0 Å². The average molecular weight is 306 g/mol. The molecular formula is C22H26O. The Labute approximate surface area is 139 Å². The molecule has 0 saturated carbocycles. The zero-order chi connectivity index (χ0) is 16.9. The van der Waals surface area contributed by atoms with Crippen molar-refractivity contribution < 1.29 is 5.11 Å². The first-order valence-corrected chi connectivity index (χ1v) is 8.37. The molecule has 2 aromatic rings. The van der Waals surface area contributed by atoms with Crippen LogP contribution >= 0.6 is 0 Å². The predicted molar refractivity (Wildman–Crippen MR) is 99.3 cm³/mol. The molecule has 1 aliphatic rings. The first kappa shape index (κ1) is 16.0. The highest BCUT2D eigenvalue weighted by molar-refractivity contribution is 5.93. The van der Waals surface area contributed by atoms with Crippen molar-refractivity contribution in [3.05, 3.63) is 64.2 Å². The maximum Gasteiger partial charge on any atom is 0.0852 e. The molecule has 23 heavy (non-hydrogen) atoms. The van der Waals surface area contributed by atoms with E-state index in [0.29, 0.717) is 5.92 Å². The van der Waals surface area contributed by atoms with E-state index in [1.165, 1.54) is 33.2 Å². The molecule has 120 valence electrons. The number of allylic oxidation sites excluding steroid dienone is 4. The van der Waals surface area contributed by atoms with E-state index in [1.54, 1.807) is 0 Å². The van der Waals surface area contributed by atoms with Crippen LogP contribution in [0.5, 0.6) is 0 Å². The number of hydrogen-bond donors (Lipinski definition) is 1. The molecule has 1 heteroatoms. The Morgan fingerprint density at radius 2 is 1.57 bits per heavy atom. The van der Waals surface area contributed by atoms with Crippen LogP contribution < -0.4 is 0 Å². The molecule has 1 N–H and O–H groups in total. The molecule has 0 aliphatic heterocycles. The first-order valence-electron chi connectivity index (χ1n) is 8.37. The molecule has 0 heterocycles. The summed E-state index contributed by atoms with van der Waals surface area (Å²) < 4.78 is 0. The van der Waals surface area contributed by atoms with Crippen molar-refractivity contribution in [1.82, 2.24) is 0 Å². The molecule has 3 rings (SSSR count). The molecule has 0 amide bonds. The lowest BCUT2D eigenvalue weighted by Gasteiger charge is -2.27. The number of fused-ring (bicyclic) bond motifs is 1. The van der Waals surface area contributed by atoms with Crippen molar-refractivity contribution in [1.29, 1.82) is 0 Å². The topological polar surface area (TPSA) is 20.2 Å². The molecule has 0 saturated heterocycles. The lowest BCUT2D eigenvalue weighted by atomic mass is 9.81. The highest BCUT2D eigenvalue weighted by Gasteiger charge is 2.30. The second-order valence-corrected chi connectivity index (χ2v) is 7.34. The zero-order valence-corrected chi connectivity index (χ0v) is 15.0. The summed E-state index contributed by atoms with van der Waals surface area (Å²) in [6, 6.07) is 12.7. The molecule has 2 aromatic carbocycles. The van der Waals surface area contributed by atoms with E-state index in [0.717, 1.165) is 10.9 Å². The van der Waals surface area contributed by atoms with E-state index < -0.39 is 5.60 Å². The number of benzene rings is 2. The quantitative estimate of drug-likeness (QED) is 0.740. The minimum atomic E-state index is -0.881. The molecule has 0 bridgehead atoms. The fourth-order valence-electron chi connectivity index (χ4n) is 3.95. The van der Waals surface area contributed by atoms with Crippen molar-refractivity contribution in [3.8, 4) is 0 Å². The molecule has 0 radical (unpaired) electrons. The third kappa shape index (κ3) is 2.44. The van der Waals surface area contributed by atoms with Crippen LogP contribution in [0.15, 0.2) is 53.1 Å². The Balaban J connectivity index is 2.36. The van der Waals surface area contributed by atoms with Crippen molar-refractivity contribution in [3.63, 3.8) is 0 Å². The Morgan fingerprint density at radius 1 is 0.913 bits per heavy atom. The van der Waals surface area contributed by atoms with Crippen molar-refractivity contribution in [2.75, 3.05) is 0 Å². The Kier molecular flexibility index (Phi) is 3.72. The number of rotatable bonds is 2. The summed E-state index contributed by atoms with van der Waals surface area (Å²) in [6.45, 7) is 12.7. The van der Waals surface area contributed by atoms with Crippen molar-refractivity contribution in [2.24, 2.45) is 5.92 Å². The normalized spacial score (nSPS) is 19.2. The van der Waals surface area contributed by atoms with Crippen LogP contribution in [-0.2, 0) is 5.60 Å². The van der Waals surface area contributed by atoms with Gasteiger partial charge in [-0.3, -0.25) is 0 Å². The van der Waals surface area contributed by atoms with Crippen LogP contribution in [0.25, 0.3) is 16.3 Å². The van der Waals surface area contributed by atoms with Gasteiger partial charge in [0.15, 0.2) is 0 Å². The van der Waals surface area contributed by atoms with Gasteiger partial charge in [0.1, 0.15) is 0 Å². The summed E-state index contributed by atoms with van der Waals surface area (Å²) >= 11 is 0. The summed E-state index contributed by atoms with van der Waals surface area (Å²) in [7, 11) is 0. The molecule has 1 aliphatic carbocycles. The molecule has 0 fully saturated rings. The van der Waals surface area contributed by atoms with E-state index >= 15 is 0 Å². The average Bonchev–Trinajstić information content (AvgIpc) is 2.69. The van der Waals surface area contributed by atoms with Gasteiger partial charge in [-0.05, 0) is 73.2 Å². The maximum atomic E-state index is 10.9. The monoisotopic (exact) mass is 306 g/mol. The summed E-state index contributed by atoms with van der Waals surface area (Å²) in [6.07, 6.45) is 0. The molecular weight excluding hydrogens is 280 g/mol. The van der Waals surface area contributed by atoms with Crippen LogP contribution in [0.2, 0.25) is 0 Å². The SMILES string of the molecule is CC1=C(C)C(C)C(c2ccc3ccccc3c2C(C)(C)O)=C1C. The van der Waals surface area contributed by atoms with E-state index in [9.17, 15) is 5.11 Å².